The molecule has 1 aliphatic heterocycles. The third-order valence-electron chi connectivity index (χ3n) is 4.16. The lowest BCUT2D eigenvalue weighted by molar-refractivity contribution is -0.123. The molecule has 0 saturated carbocycles. The highest BCUT2D eigenvalue weighted by Crippen LogP contribution is 2.30. The van der Waals surface area contributed by atoms with Gasteiger partial charge in [-0.2, -0.15) is 0 Å². The van der Waals surface area contributed by atoms with Crippen LogP contribution in [0.4, 0.5) is 0 Å². The van der Waals surface area contributed by atoms with Gasteiger partial charge in [0, 0.05) is 18.2 Å². The van der Waals surface area contributed by atoms with Crippen molar-refractivity contribution in [3.8, 4) is 17.0 Å². The van der Waals surface area contributed by atoms with Crippen molar-refractivity contribution in [3.63, 3.8) is 0 Å². The van der Waals surface area contributed by atoms with E-state index >= 15 is 0 Å². The van der Waals surface area contributed by atoms with Gasteiger partial charge in [0.2, 0.25) is 0 Å². The van der Waals surface area contributed by atoms with Gasteiger partial charge in [-0.1, -0.05) is 42.5 Å². The van der Waals surface area contributed by atoms with Crippen molar-refractivity contribution < 1.29 is 14.7 Å². The number of phenolic OH excluding ortho intramolecular Hbond substituents is 1. The van der Waals surface area contributed by atoms with Crippen LogP contribution in [0.2, 0.25) is 0 Å². The van der Waals surface area contributed by atoms with Gasteiger partial charge in [0.05, 0.1) is 23.3 Å². The third-order valence-corrected chi connectivity index (χ3v) is 4.16. The average molecular weight is 345 g/mol. The molecule has 0 bridgehead atoms. The number of carbonyl (C=O) groups excluding carboxylic acids is 2. The predicted octanol–water partition coefficient (Wildman–Crippen LogP) is 2.34. The van der Waals surface area contributed by atoms with E-state index in [0.717, 1.165) is 11.1 Å². The molecule has 0 saturated heterocycles. The summed E-state index contributed by atoms with van der Waals surface area (Å²) in [5.41, 5.74) is 3.19. The number of benzene rings is 2. The van der Waals surface area contributed by atoms with E-state index in [9.17, 15) is 14.7 Å². The van der Waals surface area contributed by atoms with Crippen LogP contribution in [0.15, 0.2) is 67.0 Å². The summed E-state index contributed by atoms with van der Waals surface area (Å²) in [4.78, 5) is 28.4. The molecule has 6 nitrogen and oxygen atoms in total. The van der Waals surface area contributed by atoms with E-state index in [4.69, 9.17) is 0 Å². The second-order valence-electron chi connectivity index (χ2n) is 5.98. The highest BCUT2D eigenvalue weighted by Gasteiger charge is 2.28. The Labute approximate surface area is 149 Å². The van der Waals surface area contributed by atoms with Crippen molar-refractivity contribution >= 4 is 17.4 Å². The number of imide groups is 1. The summed E-state index contributed by atoms with van der Waals surface area (Å²) in [6.07, 6.45) is 2.93. The van der Waals surface area contributed by atoms with Crippen LogP contribution in [0.3, 0.4) is 0 Å². The van der Waals surface area contributed by atoms with Gasteiger partial charge in [0.25, 0.3) is 11.8 Å². The summed E-state index contributed by atoms with van der Waals surface area (Å²) in [6.45, 7) is 0.405. The fourth-order valence-corrected chi connectivity index (χ4v) is 3.03. The SMILES string of the molecule is O=C1C=C(c2c(-c3ccccc3)ncn2Cc2cccc(O)c2)C(=O)N1. The van der Waals surface area contributed by atoms with E-state index in [2.05, 4.69) is 10.3 Å². The summed E-state index contributed by atoms with van der Waals surface area (Å²) in [5.74, 6) is -0.709. The van der Waals surface area contributed by atoms with Gasteiger partial charge < -0.3 is 9.67 Å². The number of carbonyl (C=O) groups is 2. The van der Waals surface area contributed by atoms with Crippen molar-refractivity contribution in [2.24, 2.45) is 0 Å². The first kappa shape index (κ1) is 15.8. The van der Waals surface area contributed by atoms with Crippen molar-refractivity contribution in [3.05, 3.63) is 78.3 Å². The summed E-state index contributed by atoms with van der Waals surface area (Å²) in [7, 11) is 0. The van der Waals surface area contributed by atoms with Crippen LogP contribution in [-0.4, -0.2) is 26.5 Å². The summed E-state index contributed by atoms with van der Waals surface area (Å²) in [5, 5.41) is 12.0. The van der Waals surface area contributed by atoms with Gasteiger partial charge in [0.1, 0.15) is 5.75 Å². The van der Waals surface area contributed by atoms with Gasteiger partial charge in [-0.15, -0.1) is 0 Å². The number of nitrogens with zero attached hydrogens (tertiary/aromatic N) is 2. The summed E-state index contributed by atoms with van der Waals surface area (Å²) < 4.78 is 1.81. The van der Waals surface area contributed by atoms with E-state index in [0.29, 0.717) is 17.9 Å². The van der Waals surface area contributed by atoms with Gasteiger partial charge in [-0.3, -0.25) is 14.9 Å². The Morgan fingerprint density at radius 1 is 1.04 bits per heavy atom. The largest absolute Gasteiger partial charge is 0.508 e. The minimum absolute atomic E-state index is 0.167. The van der Waals surface area contributed by atoms with Crippen LogP contribution in [-0.2, 0) is 16.1 Å². The third kappa shape index (κ3) is 2.88. The van der Waals surface area contributed by atoms with E-state index in [-0.39, 0.29) is 11.3 Å². The molecular weight excluding hydrogens is 330 g/mol. The Hall–Kier alpha value is -3.67. The molecule has 0 unspecified atom stereocenters. The number of imidazole rings is 1. The topological polar surface area (TPSA) is 84.2 Å². The van der Waals surface area contributed by atoms with E-state index in [1.165, 1.54) is 6.08 Å². The van der Waals surface area contributed by atoms with Gasteiger partial charge in [0.15, 0.2) is 0 Å². The quantitative estimate of drug-likeness (QED) is 0.711. The molecule has 1 aromatic heterocycles. The molecule has 0 atom stereocenters. The minimum Gasteiger partial charge on any atom is -0.508 e. The number of hydrogen-bond acceptors (Lipinski definition) is 4. The number of amides is 2. The standard InChI is InChI=1S/C20H15N3O3/c24-15-8-4-5-13(9-15)11-23-12-21-18(14-6-2-1-3-7-14)19(23)16-10-17(25)22-20(16)26/h1-10,12,24H,11H2,(H,22,25,26). The zero-order chi connectivity index (χ0) is 18.1. The zero-order valence-corrected chi connectivity index (χ0v) is 13.7. The molecule has 4 rings (SSSR count). The number of hydrogen-bond donors (Lipinski definition) is 2. The zero-order valence-electron chi connectivity index (χ0n) is 13.7. The minimum atomic E-state index is -0.440. The lowest BCUT2D eigenvalue weighted by Crippen LogP contribution is -2.22. The fraction of sp³-hybridized carbons (Fsp3) is 0.0500. The van der Waals surface area contributed by atoms with E-state index in [1.54, 1.807) is 29.1 Å². The Bertz CT molecular complexity index is 1040. The first-order valence-electron chi connectivity index (χ1n) is 8.07. The van der Waals surface area contributed by atoms with Crippen LogP contribution in [0, 0.1) is 0 Å². The lowest BCUT2D eigenvalue weighted by atomic mass is 10.0. The van der Waals surface area contributed by atoms with Gasteiger partial charge in [-0.25, -0.2) is 4.98 Å². The second kappa shape index (κ2) is 6.33. The maximum absolute atomic E-state index is 12.2. The molecule has 0 radical (unpaired) electrons. The fourth-order valence-electron chi connectivity index (χ4n) is 3.03. The number of phenols is 1. The van der Waals surface area contributed by atoms with Gasteiger partial charge >= 0.3 is 0 Å². The van der Waals surface area contributed by atoms with Crippen LogP contribution >= 0.6 is 0 Å². The van der Waals surface area contributed by atoms with Crippen LogP contribution in [0.25, 0.3) is 16.8 Å². The predicted molar refractivity (Wildman–Crippen MR) is 96.0 cm³/mol. The molecule has 0 spiro atoms. The van der Waals surface area contributed by atoms with Crippen molar-refractivity contribution in [1.29, 1.82) is 0 Å². The number of aromatic hydroxyl groups is 1. The molecule has 2 amide bonds. The molecule has 0 aliphatic carbocycles. The van der Waals surface area contributed by atoms with E-state index < -0.39 is 11.8 Å². The maximum Gasteiger partial charge on any atom is 0.260 e. The first-order chi connectivity index (χ1) is 12.6. The molecule has 0 fully saturated rings. The summed E-state index contributed by atoms with van der Waals surface area (Å²) in [6, 6.07) is 16.4. The molecule has 3 aromatic rings. The average Bonchev–Trinajstić information content (AvgIpc) is 3.18. The number of rotatable bonds is 4. The highest BCUT2D eigenvalue weighted by atomic mass is 16.3. The number of aromatic nitrogens is 2. The molecule has 128 valence electrons. The summed E-state index contributed by atoms with van der Waals surface area (Å²) >= 11 is 0. The van der Waals surface area contributed by atoms with Crippen molar-refractivity contribution in [1.82, 2.24) is 14.9 Å². The van der Waals surface area contributed by atoms with Crippen LogP contribution < -0.4 is 5.32 Å². The molecule has 1 aliphatic rings. The Balaban J connectivity index is 1.84. The van der Waals surface area contributed by atoms with Crippen molar-refractivity contribution in [2.75, 3.05) is 0 Å². The molecular formula is C20H15N3O3. The second-order valence-corrected chi connectivity index (χ2v) is 5.98. The van der Waals surface area contributed by atoms with Crippen LogP contribution in [0.5, 0.6) is 5.75 Å². The maximum atomic E-state index is 12.2. The molecule has 6 heteroatoms. The smallest absolute Gasteiger partial charge is 0.260 e. The Kier molecular flexibility index (Phi) is 3.85. The molecule has 2 heterocycles. The van der Waals surface area contributed by atoms with E-state index in [1.807, 2.05) is 36.4 Å². The lowest BCUT2D eigenvalue weighted by Gasteiger charge is -2.11. The highest BCUT2D eigenvalue weighted by molar-refractivity contribution is 6.34. The Morgan fingerprint density at radius 2 is 1.85 bits per heavy atom. The number of nitrogens with one attached hydrogen (secondary N) is 1. The van der Waals surface area contributed by atoms with Crippen molar-refractivity contribution in [2.45, 2.75) is 6.54 Å². The molecule has 26 heavy (non-hydrogen) atoms. The molecule has 2 aromatic carbocycles. The molecule has 2 N–H and O–H groups in total. The monoisotopic (exact) mass is 345 g/mol. The van der Waals surface area contributed by atoms with Gasteiger partial charge in [-0.05, 0) is 17.7 Å². The normalized spacial score (nSPS) is 13.6. The Morgan fingerprint density at radius 3 is 2.54 bits per heavy atom. The first-order valence-corrected chi connectivity index (χ1v) is 8.07. The van der Waals surface area contributed by atoms with Crippen LogP contribution in [0.1, 0.15) is 11.3 Å².